The van der Waals surface area contributed by atoms with Crippen LogP contribution in [0.2, 0.25) is 5.02 Å². The number of rotatable bonds is 7. The van der Waals surface area contributed by atoms with Crippen molar-refractivity contribution in [2.24, 2.45) is 0 Å². The summed E-state index contributed by atoms with van der Waals surface area (Å²) in [5, 5.41) is 11.0. The molecule has 0 bridgehead atoms. The molecule has 0 saturated carbocycles. The monoisotopic (exact) mass is 558 g/mol. The van der Waals surface area contributed by atoms with E-state index in [1.54, 1.807) is 30.3 Å². The number of hydrogen-bond donors (Lipinski definition) is 0. The number of amides is 2. The second kappa shape index (κ2) is 10.4. The van der Waals surface area contributed by atoms with Gasteiger partial charge in [0.25, 0.3) is 16.8 Å². The first-order valence-electron chi connectivity index (χ1n) is 9.96. The fraction of sp³-hybridized carbons (Fsp3) is 0.0833. The van der Waals surface area contributed by atoms with Gasteiger partial charge in [0.15, 0.2) is 0 Å². The molecular weight excluding hydrogens is 544 g/mol. The van der Waals surface area contributed by atoms with E-state index in [1.807, 2.05) is 18.2 Å². The fourth-order valence-corrected chi connectivity index (χ4v) is 4.73. The average molecular weight is 560 g/mol. The number of carbonyl (C=O) groups is 2. The molecule has 1 aliphatic heterocycles. The van der Waals surface area contributed by atoms with Gasteiger partial charge < -0.3 is 4.74 Å². The second-order valence-electron chi connectivity index (χ2n) is 7.26. The molecular formula is C24H16BrClN2O5S. The summed E-state index contributed by atoms with van der Waals surface area (Å²) >= 11 is 10.5. The minimum atomic E-state index is -0.502. The first-order chi connectivity index (χ1) is 16.3. The molecule has 0 aromatic heterocycles. The standard InChI is InChI=1S/C24H16BrClN2O5S/c25-19-11-16(7-10-21(19)33-14-17-3-1-2-4-20(17)26)12-22-23(29)27(24(30)34-22)13-15-5-8-18(9-6-15)28(31)32/h1-12H,13-14H2/b22-12+. The van der Waals surface area contributed by atoms with E-state index in [-0.39, 0.29) is 12.2 Å². The Hall–Kier alpha value is -3.14. The van der Waals surface area contributed by atoms with Crippen LogP contribution in [0, 0.1) is 10.1 Å². The number of benzene rings is 3. The Morgan fingerprint density at radius 1 is 1.09 bits per heavy atom. The number of ether oxygens (including phenoxy) is 1. The van der Waals surface area contributed by atoms with E-state index in [2.05, 4.69) is 15.9 Å². The van der Waals surface area contributed by atoms with Crippen molar-refractivity contribution in [2.45, 2.75) is 13.2 Å². The maximum atomic E-state index is 12.8. The number of nitro benzene ring substituents is 1. The lowest BCUT2D eigenvalue weighted by Gasteiger charge is -2.12. The van der Waals surface area contributed by atoms with E-state index in [0.29, 0.717) is 32.3 Å². The molecule has 0 aliphatic carbocycles. The second-order valence-corrected chi connectivity index (χ2v) is 9.52. The van der Waals surface area contributed by atoms with Gasteiger partial charge in [0, 0.05) is 22.7 Å². The predicted molar refractivity (Wildman–Crippen MR) is 135 cm³/mol. The molecule has 7 nitrogen and oxygen atoms in total. The van der Waals surface area contributed by atoms with Crippen LogP contribution in [0.15, 0.2) is 76.1 Å². The molecule has 0 spiro atoms. The van der Waals surface area contributed by atoms with Crippen LogP contribution in [0.1, 0.15) is 16.7 Å². The van der Waals surface area contributed by atoms with Crippen molar-refractivity contribution in [3.8, 4) is 5.75 Å². The van der Waals surface area contributed by atoms with Crippen molar-refractivity contribution in [1.82, 2.24) is 4.90 Å². The Morgan fingerprint density at radius 2 is 1.82 bits per heavy atom. The summed E-state index contributed by atoms with van der Waals surface area (Å²) in [5.41, 5.74) is 2.15. The summed E-state index contributed by atoms with van der Waals surface area (Å²) in [6.07, 6.45) is 1.64. The van der Waals surface area contributed by atoms with Gasteiger partial charge in [0.2, 0.25) is 0 Å². The smallest absolute Gasteiger partial charge is 0.293 e. The van der Waals surface area contributed by atoms with Crippen LogP contribution in [0.25, 0.3) is 6.08 Å². The van der Waals surface area contributed by atoms with Crippen LogP contribution in [0.4, 0.5) is 10.5 Å². The summed E-state index contributed by atoms with van der Waals surface area (Å²) in [6.45, 7) is 0.345. The summed E-state index contributed by atoms with van der Waals surface area (Å²) in [5.74, 6) is 0.201. The first-order valence-corrected chi connectivity index (χ1v) is 11.9. The van der Waals surface area contributed by atoms with Crippen molar-refractivity contribution in [3.05, 3.63) is 108 Å². The Morgan fingerprint density at radius 3 is 2.50 bits per heavy atom. The highest BCUT2D eigenvalue weighted by atomic mass is 79.9. The van der Waals surface area contributed by atoms with Crippen molar-refractivity contribution in [1.29, 1.82) is 0 Å². The molecule has 172 valence electrons. The number of hydrogen-bond acceptors (Lipinski definition) is 6. The van der Waals surface area contributed by atoms with Crippen LogP contribution >= 0.6 is 39.3 Å². The number of nitro groups is 1. The number of imide groups is 1. The molecule has 0 atom stereocenters. The molecule has 0 N–H and O–H groups in total. The van der Waals surface area contributed by atoms with E-state index in [1.165, 1.54) is 24.3 Å². The van der Waals surface area contributed by atoms with Gasteiger partial charge in [0.05, 0.1) is 20.8 Å². The predicted octanol–water partition coefficient (Wildman–Crippen LogP) is 6.83. The third-order valence-electron chi connectivity index (χ3n) is 4.96. The zero-order valence-corrected chi connectivity index (χ0v) is 20.6. The van der Waals surface area contributed by atoms with Crippen LogP contribution < -0.4 is 4.74 Å². The van der Waals surface area contributed by atoms with Gasteiger partial charge in [-0.15, -0.1) is 0 Å². The third-order valence-corrected chi connectivity index (χ3v) is 6.85. The largest absolute Gasteiger partial charge is 0.488 e. The molecule has 1 saturated heterocycles. The van der Waals surface area contributed by atoms with Crippen molar-refractivity contribution < 1.29 is 19.2 Å². The molecule has 34 heavy (non-hydrogen) atoms. The van der Waals surface area contributed by atoms with Gasteiger partial charge in [-0.05, 0) is 63.1 Å². The molecule has 4 rings (SSSR count). The van der Waals surface area contributed by atoms with Gasteiger partial charge >= 0.3 is 0 Å². The molecule has 0 unspecified atom stereocenters. The van der Waals surface area contributed by atoms with Gasteiger partial charge in [-0.3, -0.25) is 24.6 Å². The number of halogens is 2. The maximum Gasteiger partial charge on any atom is 0.293 e. The number of thioether (sulfide) groups is 1. The van der Waals surface area contributed by atoms with Gasteiger partial charge in [-0.1, -0.05) is 48.0 Å². The molecule has 10 heteroatoms. The normalized spacial score (nSPS) is 14.6. The highest BCUT2D eigenvalue weighted by Crippen LogP contribution is 2.35. The van der Waals surface area contributed by atoms with Crippen molar-refractivity contribution in [2.75, 3.05) is 0 Å². The fourth-order valence-electron chi connectivity index (χ4n) is 3.19. The quantitative estimate of drug-likeness (QED) is 0.179. The summed E-state index contributed by atoms with van der Waals surface area (Å²) < 4.78 is 6.54. The highest BCUT2D eigenvalue weighted by molar-refractivity contribution is 9.10. The lowest BCUT2D eigenvalue weighted by atomic mass is 10.2. The molecule has 3 aromatic rings. The van der Waals surface area contributed by atoms with E-state index < -0.39 is 16.1 Å². The van der Waals surface area contributed by atoms with Crippen LogP contribution in [-0.2, 0) is 17.9 Å². The summed E-state index contributed by atoms with van der Waals surface area (Å²) in [4.78, 5) is 36.9. The maximum absolute atomic E-state index is 12.8. The molecule has 1 heterocycles. The molecule has 0 radical (unpaired) electrons. The highest BCUT2D eigenvalue weighted by Gasteiger charge is 2.35. The minimum Gasteiger partial charge on any atom is -0.488 e. The minimum absolute atomic E-state index is 0.0402. The van der Waals surface area contributed by atoms with Crippen LogP contribution in [0.3, 0.4) is 0 Å². The van der Waals surface area contributed by atoms with E-state index >= 15 is 0 Å². The zero-order valence-electron chi connectivity index (χ0n) is 17.4. The molecule has 2 amide bonds. The first kappa shape index (κ1) is 24.0. The van der Waals surface area contributed by atoms with E-state index in [0.717, 1.165) is 27.8 Å². The number of carbonyl (C=O) groups excluding carboxylic acids is 2. The van der Waals surface area contributed by atoms with Crippen molar-refractivity contribution >= 4 is 62.2 Å². The average Bonchev–Trinajstić information content (AvgIpc) is 3.07. The SMILES string of the molecule is O=C1S/C(=C/c2ccc(OCc3ccccc3Cl)c(Br)c2)C(=O)N1Cc1ccc([N+](=O)[O-])cc1. The van der Waals surface area contributed by atoms with Crippen molar-refractivity contribution in [3.63, 3.8) is 0 Å². The van der Waals surface area contributed by atoms with Gasteiger partial charge in [0.1, 0.15) is 12.4 Å². The molecule has 3 aromatic carbocycles. The van der Waals surface area contributed by atoms with Crippen LogP contribution in [-0.4, -0.2) is 21.0 Å². The topological polar surface area (TPSA) is 89.8 Å². The Balaban J connectivity index is 1.44. The molecule has 1 aliphatic rings. The lowest BCUT2D eigenvalue weighted by Crippen LogP contribution is -2.27. The lowest BCUT2D eigenvalue weighted by molar-refractivity contribution is -0.384. The molecule has 1 fully saturated rings. The Labute approximate surface area is 212 Å². The third kappa shape index (κ3) is 5.49. The van der Waals surface area contributed by atoms with Crippen LogP contribution in [0.5, 0.6) is 5.75 Å². The Kier molecular flexibility index (Phi) is 7.35. The zero-order chi connectivity index (χ0) is 24.2. The summed E-state index contributed by atoms with van der Waals surface area (Å²) in [7, 11) is 0. The van der Waals surface area contributed by atoms with Gasteiger partial charge in [-0.2, -0.15) is 0 Å². The van der Waals surface area contributed by atoms with Gasteiger partial charge in [-0.25, -0.2) is 0 Å². The number of nitrogens with zero attached hydrogens (tertiary/aromatic N) is 2. The Bertz CT molecular complexity index is 1310. The summed E-state index contributed by atoms with van der Waals surface area (Å²) in [6, 6.07) is 18.5. The van der Waals surface area contributed by atoms with E-state index in [9.17, 15) is 19.7 Å². The number of non-ortho nitro benzene ring substituents is 1. The van der Waals surface area contributed by atoms with E-state index in [4.69, 9.17) is 16.3 Å².